The topological polar surface area (TPSA) is 22.1 Å². The molecule has 2 rings (SSSR count). The molecule has 0 spiro atoms. The van der Waals surface area contributed by atoms with Gasteiger partial charge in [-0.25, -0.2) is 9.37 Å². The number of pyridine rings is 1. The van der Waals surface area contributed by atoms with Crippen LogP contribution in [-0.2, 0) is 10.4 Å². The first-order chi connectivity index (χ1) is 8.14. The Morgan fingerprint density at radius 2 is 2.29 bits per heavy atom. The van der Waals surface area contributed by atoms with Gasteiger partial charge in [0.15, 0.2) is 0 Å². The summed E-state index contributed by atoms with van der Waals surface area (Å²) in [4.78, 5) is 3.43. The van der Waals surface area contributed by atoms with E-state index < -0.39 is 11.6 Å². The Labute approximate surface area is 100 Å². The lowest BCUT2D eigenvalue weighted by Gasteiger charge is -2.41. The molecule has 1 heterocycles. The van der Waals surface area contributed by atoms with Gasteiger partial charge in [-0.2, -0.15) is 4.39 Å². The van der Waals surface area contributed by atoms with E-state index in [1.807, 2.05) is 0 Å². The molecule has 0 unspecified atom stereocenters. The zero-order valence-corrected chi connectivity index (χ0v) is 9.96. The summed E-state index contributed by atoms with van der Waals surface area (Å²) in [6.45, 7) is 2.77. The zero-order chi connectivity index (χ0) is 12.3. The zero-order valence-electron chi connectivity index (χ0n) is 9.96. The van der Waals surface area contributed by atoms with E-state index in [0.717, 1.165) is 12.8 Å². The Morgan fingerprint density at radius 1 is 1.53 bits per heavy atom. The van der Waals surface area contributed by atoms with Gasteiger partial charge >= 0.3 is 0 Å². The van der Waals surface area contributed by atoms with Crippen LogP contribution in [0, 0.1) is 5.95 Å². The van der Waals surface area contributed by atoms with Crippen molar-refractivity contribution >= 4 is 0 Å². The van der Waals surface area contributed by atoms with Gasteiger partial charge in [0.05, 0.1) is 6.10 Å². The second-order valence-corrected chi connectivity index (χ2v) is 4.59. The minimum absolute atomic E-state index is 0.0252. The molecule has 1 aromatic rings. The molecular weight excluding hydrogens is 224 g/mol. The standard InChI is InChI=1S/C13H17F2NO/c1-2-3-6-17-11-8-13(15,9-11)10-4-5-16-12(14)7-10/h4-5,7,11H,2-3,6,8-9H2,1H3. The first-order valence-corrected chi connectivity index (χ1v) is 6.06. The van der Waals surface area contributed by atoms with Gasteiger partial charge in [-0.3, -0.25) is 0 Å². The number of halogens is 2. The molecule has 1 saturated carbocycles. The number of unbranched alkanes of at least 4 members (excludes halogenated alkanes) is 1. The number of hydrogen-bond donors (Lipinski definition) is 0. The summed E-state index contributed by atoms with van der Waals surface area (Å²) in [7, 11) is 0. The SMILES string of the molecule is CCCCOC1CC(F)(c2ccnc(F)c2)C1. The summed E-state index contributed by atoms with van der Waals surface area (Å²) < 4.78 is 32.7. The molecule has 0 aliphatic heterocycles. The second kappa shape index (κ2) is 5.08. The lowest BCUT2D eigenvalue weighted by molar-refractivity contribution is -0.101. The average molecular weight is 241 g/mol. The fourth-order valence-electron chi connectivity index (χ4n) is 2.09. The minimum atomic E-state index is -1.43. The van der Waals surface area contributed by atoms with E-state index in [-0.39, 0.29) is 6.10 Å². The van der Waals surface area contributed by atoms with E-state index in [4.69, 9.17) is 4.74 Å². The molecule has 1 aliphatic rings. The van der Waals surface area contributed by atoms with Crippen LogP contribution >= 0.6 is 0 Å². The number of hydrogen-bond acceptors (Lipinski definition) is 2. The highest BCUT2D eigenvalue weighted by Crippen LogP contribution is 2.46. The summed E-state index contributed by atoms with van der Waals surface area (Å²) in [5.41, 5.74) is -1.05. The first kappa shape index (κ1) is 12.4. The Kier molecular flexibility index (Phi) is 3.72. The van der Waals surface area contributed by atoms with E-state index >= 15 is 0 Å². The third kappa shape index (κ3) is 2.80. The van der Waals surface area contributed by atoms with Crippen molar-refractivity contribution in [2.24, 2.45) is 0 Å². The predicted octanol–water partition coefficient (Wildman–Crippen LogP) is 3.36. The first-order valence-electron chi connectivity index (χ1n) is 6.06. The highest BCUT2D eigenvalue weighted by molar-refractivity contribution is 5.24. The molecular formula is C13H17F2NO. The molecule has 1 aliphatic carbocycles. The van der Waals surface area contributed by atoms with Gasteiger partial charge in [-0.15, -0.1) is 0 Å². The van der Waals surface area contributed by atoms with Crippen LogP contribution in [0.5, 0.6) is 0 Å². The molecule has 1 fully saturated rings. The van der Waals surface area contributed by atoms with Crippen LogP contribution in [0.15, 0.2) is 18.3 Å². The maximum absolute atomic E-state index is 14.3. The number of rotatable bonds is 5. The summed E-state index contributed by atoms with van der Waals surface area (Å²) in [5.74, 6) is -0.630. The Balaban J connectivity index is 1.88. The third-order valence-electron chi connectivity index (χ3n) is 3.20. The highest BCUT2D eigenvalue weighted by Gasteiger charge is 2.47. The van der Waals surface area contributed by atoms with Crippen molar-refractivity contribution in [3.05, 3.63) is 29.8 Å². The van der Waals surface area contributed by atoms with E-state index in [1.54, 1.807) is 0 Å². The van der Waals surface area contributed by atoms with Gasteiger partial charge in [-0.05, 0) is 24.1 Å². The van der Waals surface area contributed by atoms with E-state index in [2.05, 4.69) is 11.9 Å². The Morgan fingerprint density at radius 3 is 2.94 bits per heavy atom. The molecule has 4 heteroatoms. The van der Waals surface area contributed by atoms with Gasteiger partial charge in [0.1, 0.15) is 5.67 Å². The van der Waals surface area contributed by atoms with Crippen molar-refractivity contribution in [2.45, 2.75) is 44.4 Å². The molecule has 0 atom stereocenters. The Bertz CT molecular complexity index is 377. The summed E-state index contributed by atoms with van der Waals surface area (Å²) in [5, 5.41) is 0. The third-order valence-corrected chi connectivity index (χ3v) is 3.20. The van der Waals surface area contributed by atoms with Crippen LogP contribution in [0.1, 0.15) is 38.2 Å². The summed E-state index contributed by atoms with van der Waals surface area (Å²) in [6, 6.07) is 2.70. The van der Waals surface area contributed by atoms with Crippen molar-refractivity contribution in [1.82, 2.24) is 4.98 Å². The van der Waals surface area contributed by atoms with Crippen LogP contribution in [-0.4, -0.2) is 17.7 Å². The molecule has 0 bridgehead atoms. The highest BCUT2D eigenvalue weighted by atomic mass is 19.1. The monoisotopic (exact) mass is 241 g/mol. The number of nitrogens with zero attached hydrogens (tertiary/aromatic N) is 1. The maximum Gasteiger partial charge on any atom is 0.213 e. The predicted molar refractivity (Wildman–Crippen MR) is 60.9 cm³/mol. The molecule has 0 radical (unpaired) electrons. The fourth-order valence-corrected chi connectivity index (χ4v) is 2.09. The van der Waals surface area contributed by atoms with Crippen LogP contribution in [0.4, 0.5) is 8.78 Å². The molecule has 0 amide bonds. The largest absolute Gasteiger partial charge is 0.378 e. The fraction of sp³-hybridized carbons (Fsp3) is 0.615. The van der Waals surface area contributed by atoms with Crippen molar-refractivity contribution < 1.29 is 13.5 Å². The van der Waals surface area contributed by atoms with Crippen LogP contribution in [0.25, 0.3) is 0 Å². The molecule has 0 N–H and O–H groups in total. The summed E-state index contributed by atoms with van der Waals surface area (Å²) in [6.07, 6.45) is 3.99. The molecule has 0 aromatic carbocycles. The molecule has 0 saturated heterocycles. The second-order valence-electron chi connectivity index (χ2n) is 4.59. The van der Waals surface area contributed by atoms with E-state index in [9.17, 15) is 8.78 Å². The number of ether oxygens (including phenoxy) is 1. The number of aromatic nitrogens is 1. The van der Waals surface area contributed by atoms with Crippen LogP contribution in [0.3, 0.4) is 0 Å². The molecule has 1 aromatic heterocycles. The van der Waals surface area contributed by atoms with Gasteiger partial charge in [0.2, 0.25) is 5.95 Å². The van der Waals surface area contributed by atoms with Crippen molar-refractivity contribution in [3.8, 4) is 0 Å². The lowest BCUT2D eigenvalue weighted by Crippen LogP contribution is -2.42. The average Bonchev–Trinajstić information content (AvgIpc) is 2.26. The maximum atomic E-state index is 14.3. The van der Waals surface area contributed by atoms with Gasteiger partial charge in [-0.1, -0.05) is 13.3 Å². The van der Waals surface area contributed by atoms with Crippen molar-refractivity contribution in [3.63, 3.8) is 0 Å². The smallest absolute Gasteiger partial charge is 0.213 e. The van der Waals surface area contributed by atoms with Crippen molar-refractivity contribution in [2.75, 3.05) is 6.61 Å². The molecule has 17 heavy (non-hydrogen) atoms. The van der Waals surface area contributed by atoms with Gasteiger partial charge in [0, 0.05) is 25.6 Å². The van der Waals surface area contributed by atoms with Gasteiger partial charge in [0.25, 0.3) is 0 Å². The molecule has 94 valence electrons. The van der Waals surface area contributed by atoms with E-state index in [1.165, 1.54) is 18.3 Å². The molecule has 2 nitrogen and oxygen atoms in total. The van der Waals surface area contributed by atoms with Crippen LogP contribution in [0.2, 0.25) is 0 Å². The quantitative estimate of drug-likeness (QED) is 0.582. The minimum Gasteiger partial charge on any atom is -0.378 e. The summed E-state index contributed by atoms with van der Waals surface area (Å²) >= 11 is 0. The van der Waals surface area contributed by atoms with E-state index in [0.29, 0.717) is 25.0 Å². The van der Waals surface area contributed by atoms with Crippen molar-refractivity contribution in [1.29, 1.82) is 0 Å². The lowest BCUT2D eigenvalue weighted by atomic mass is 9.74. The normalized spacial score (nSPS) is 27.8. The van der Waals surface area contributed by atoms with Gasteiger partial charge < -0.3 is 4.74 Å². The van der Waals surface area contributed by atoms with Crippen LogP contribution < -0.4 is 0 Å². The Hall–Kier alpha value is -1.03. The number of alkyl halides is 1.